The first-order valence-corrected chi connectivity index (χ1v) is 9.68. The highest BCUT2D eigenvalue weighted by Crippen LogP contribution is 2.30. The predicted octanol–water partition coefficient (Wildman–Crippen LogP) is 4.16. The molecule has 1 fully saturated rings. The van der Waals surface area contributed by atoms with Crippen molar-refractivity contribution in [2.45, 2.75) is 12.7 Å². The zero-order chi connectivity index (χ0) is 21.0. The van der Waals surface area contributed by atoms with Crippen LogP contribution >= 0.6 is 23.2 Å². The number of amides is 1. The normalized spacial score (nSPS) is 16.0. The summed E-state index contributed by atoms with van der Waals surface area (Å²) in [5, 5.41) is 3.59. The van der Waals surface area contributed by atoms with Crippen molar-refractivity contribution in [2.24, 2.45) is 0 Å². The molecule has 1 aromatic carbocycles. The number of piperazine rings is 1. The van der Waals surface area contributed by atoms with Crippen molar-refractivity contribution in [2.75, 3.05) is 38.0 Å². The van der Waals surface area contributed by atoms with Crippen molar-refractivity contribution in [3.63, 3.8) is 0 Å². The van der Waals surface area contributed by atoms with Gasteiger partial charge >= 0.3 is 6.18 Å². The number of carbonyl (C=O) groups is 1. The van der Waals surface area contributed by atoms with E-state index in [2.05, 4.69) is 10.3 Å². The lowest BCUT2D eigenvalue weighted by Crippen LogP contribution is -2.48. The molecule has 2 aromatic rings. The van der Waals surface area contributed by atoms with Crippen LogP contribution in [0.3, 0.4) is 0 Å². The summed E-state index contributed by atoms with van der Waals surface area (Å²) < 4.78 is 39.3. The molecule has 2 heterocycles. The van der Waals surface area contributed by atoms with Gasteiger partial charge in [0.1, 0.15) is 5.69 Å². The molecule has 1 aliphatic rings. The van der Waals surface area contributed by atoms with Gasteiger partial charge in [-0.15, -0.1) is 0 Å². The molecule has 0 radical (unpaired) electrons. The summed E-state index contributed by atoms with van der Waals surface area (Å²) in [6, 6.07) is 7.76. The number of aromatic nitrogens is 1. The Kier molecular flexibility index (Phi) is 7.00. The van der Waals surface area contributed by atoms with Gasteiger partial charge in [-0.1, -0.05) is 29.3 Å². The van der Waals surface area contributed by atoms with Gasteiger partial charge in [-0.25, -0.2) is 0 Å². The minimum atomic E-state index is -4.47. The Morgan fingerprint density at radius 3 is 2.48 bits per heavy atom. The summed E-state index contributed by atoms with van der Waals surface area (Å²) in [5.41, 5.74) is -0.249. The number of benzene rings is 1. The van der Waals surface area contributed by atoms with E-state index in [9.17, 15) is 18.0 Å². The molecule has 0 atom stereocenters. The lowest BCUT2D eigenvalue weighted by molar-refractivity contribution is -0.142. The van der Waals surface area contributed by atoms with Gasteiger partial charge in [0.15, 0.2) is 0 Å². The minimum Gasteiger partial charge on any atom is -0.324 e. The van der Waals surface area contributed by atoms with Crippen LogP contribution in [0, 0.1) is 0 Å². The van der Waals surface area contributed by atoms with Gasteiger partial charge in [0.2, 0.25) is 5.91 Å². The van der Waals surface area contributed by atoms with Gasteiger partial charge < -0.3 is 5.32 Å². The van der Waals surface area contributed by atoms with Gasteiger partial charge in [-0.05, 0) is 29.8 Å². The van der Waals surface area contributed by atoms with Crippen molar-refractivity contribution >= 4 is 34.8 Å². The van der Waals surface area contributed by atoms with E-state index < -0.39 is 11.9 Å². The highest BCUT2D eigenvalue weighted by Gasteiger charge is 2.35. The van der Waals surface area contributed by atoms with Crippen LogP contribution in [0.15, 0.2) is 36.5 Å². The van der Waals surface area contributed by atoms with Gasteiger partial charge in [0.25, 0.3) is 0 Å². The first-order valence-electron chi connectivity index (χ1n) is 8.93. The van der Waals surface area contributed by atoms with Crippen molar-refractivity contribution in [3.8, 4) is 0 Å². The van der Waals surface area contributed by atoms with Crippen LogP contribution in [0.2, 0.25) is 10.0 Å². The highest BCUT2D eigenvalue weighted by atomic mass is 35.5. The predicted molar refractivity (Wildman–Crippen MR) is 106 cm³/mol. The van der Waals surface area contributed by atoms with Crippen LogP contribution in [-0.2, 0) is 17.5 Å². The SMILES string of the molecule is O=C(CN1CCN(Cc2cccnc2C(F)(F)F)CC1)Nc1cc(Cl)ccc1Cl. The van der Waals surface area contributed by atoms with Crippen LogP contribution in [0.25, 0.3) is 0 Å². The molecule has 1 saturated heterocycles. The van der Waals surface area contributed by atoms with Crippen molar-refractivity contribution in [1.29, 1.82) is 0 Å². The summed E-state index contributed by atoms with van der Waals surface area (Å²) in [4.78, 5) is 19.6. The molecule has 5 nitrogen and oxygen atoms in total. The summed E-state index contributed by atoms with van der Waals surface area (Å²) in [5.74, 6) is -0.228. The van der Waals surface area contributed by atoms with Gasteiger partial charge in [-0.2, -0.15) is 13.2 Å². The Bertz CT molecular complexity index is 871. The van der Waals surface area contributed by atoms with Crippen LogP contribution in [0.1, 0.15) is 11.3 Å². The molecule has 156 valence electrons. The molecule has 1 amide bonds. The summed E-state index contributed by atoms with van der Waals surface area (Å²) in [6.07, 6.45) is -3.33. The fraction of sp³-hybridized carbons (Fsp3) is 0.368. The molecule has 0 bridgehead atoms. The second-order valence-electron chi connectivity index (χ2n) is 6.73. The molecule has 0 saturated carbocycles. The standard InChI is InChI=1S/C19H19Cl2F3N4O/c20-14-3-4-15(21)16(10-14)26-17(29)12-28-8-6-27(7-9-28)11-13-2-1-5-25-18(13)19(22,23)24/h1-5,10H,6-9,11-12H2,(H,26,29). The van der Waals surface area contributed by atoms with Crippen molar-refractivity contribution < 1.29 is 18.0 Å². The summed E-state index contributed by atoms with van der Waals surface area (Å²) in [7, 11) is 0. The van der Waals surface area contributed by atoms with Crippen molar-refractivity contribution in [1.82, 2.24) is 14.8 Å². The Morgan fingerprint density at radius 1 is 1.10 bits per heavy atom. The van der Waals surface area contributed by atoms with E-state index in [1.165, 1.54) is 12.1 Å². The van der Waals surface area contributed by atoms with Crippen LogP contribution < -0.4 is 5.32 Å². The molecule has 0 unspecified atom stereocenters. The fourth-order valence-electron chi connectivity index (χ4n) is 3.15. The molecule has 1 N–H and O–H groups in total. The molecule has 1 aliphatic heterocycles. The zero-order valence-electron chi connectivity index (χ0n) is 15.3. The van der Waals surface area contributed by atoms with Gasteiger partial charge in [0.05, 0.1) is 17.3 Å². The number of anilines is 1. The van der Waals surface area contributed by atoms with E-state index in [1.54, 1.807) is 18.2 Å². The lowest BCUT2D eigenvalue weighted by atomic mass is 10.1. The zero-order valence-corrected chi connectivity index (χ0v) is 16.9. The average molecular weight is 447 g/mol. The van der Waals surface area contributed by atoms with E-state index in [1.807, 2.05) is 9.80 Å². The van der Waals surface area contributed by atoms with E-state index in [0.29, 0.717) is 41.9 Å². The monoisotopic (exact) mass is 446 g/mol. The number of halogens is 5. The summed E-state index contributed by atoms with van der Waals surface area (Å²) in [6.45, 7) is 2.57. The highest BCUT2D eigenvalue weighted by molar-refractivity contribution is 6.35. The van der Waals surface area contributed by atoms with E-state index in [4.69, 9.17) is 23.2 Å². The summed E-state index contributed by atoms with van der Waals surface area (Å²) >= 11 is 12.0. The van der Waals surface area contributed by atoms with Gasteiger partial charge in [-0.3, -0.25) is 19.6 Å². The number of nitrogens with one attached hydrogen (secondary N) is 1. The second kappa shape index (κ2) is 9.30. The number of pyridine rings is 1. The van der Waals surface area contributed by atoms with Crippen LogP contribution in [0.4, 0.5) is 18.9 Å². The topological polar surface area (TPSA) is 48.5 Å². The quantitative estimate of drug-likeness (QED) is 0.748. The number of carbonyl (C=O) groups excluding carboxylic acids is 1. The third kappa shape index (κ3) is 6.05. The van der Waals surface area contributed by atoms with Crippen molar-refractivity contribution in [3.05, 3.63) is 57.8 Å². The third-order valence-corrected chi connectivity index (χ3v) is 5.15. The maximum absolute atomic E-state index is 13.1. The molecule has 0 aliphatic carbocycles. The Balaban J connectivity index is 1.51. The number of nitrogens with zero attached hydrogens (tertiary/aromatic N) is 3. The first kappa shape index (κ1) is 21.8. The number of hydrogen-bond acceptors (Lipinski definition) is 4. The Labute approximate surface area is 176 Å². The second-order valence-corrected chi connectivity index (χ2v) is 7.58. The number of alkyl halides is 3. The Morgan fingerprint density at radius 2 is 1.79 bits per heavy atom. The smallest absolute Gasteiger partial charge is 0.324 e. The van der Waals surface area contributed by atoms with E-state index in [-0.39, 0.29) is 24.6 Å². The molecular weight excluding hydrogens is 428 g/mol. The average Bonchev–Trinajstić information content (AvgIpc) is 2.66. The Hall–Kier alpha value is -1.87. The number of hydrogen-bond donors (Lipinski definition) is 1. The molecule has 3 rings (SSSR count). The lowest BCUT2D eigenvalue weighted by Gasteiger charge is -2.34. The maximum Gasteiger partial charge on any atom is 0.433 e. The third-order valence-electron chi connectivity index (χ3n) is 4.59. The molecule has 0 spiro atoms. The van der Waals surface area contributed by atoms with Crippen LogP contribution in [-0.4, -0.2) is 53.4 Å². The number of rotatable bonds is 5. The largest absolute Gasteiger partial charge is 0.433 e. The maximum atomic E-state index is 13.1. The van der Waals surface area contributed by atoms with Crippen LogP contribution in [0.5, 0.6) is 0 Å². The fourth-order valence-corrected chi connectivity index (χ4v) is 3.49. The van der Waals surface area contributed by atoms with E-state index in [0.717, 1.165) is 6.20 Å². The first-order chi connectivity index (χ1) is 13.7. The molecular formula is C19H19Cl2F3N4O. The molecule has 1 aromatic heterocycles. The molecule has 29 heavy (non-hydrogen) atoms. The molecule has 10 heteroatoms. The van der Waals surface area contributed by atoms with E-state index >= 15 is 0 Å². The van der Waals surface area contributed by atoms with Gasteiger partial charge in [0, 0.05) is 43.9 Å². The minimum absolute atomic E-state index is 0.154.